The molecule has 2 atom stereocenters. The Bertz CT molecular complexity index is 464. The number of anilines is 1. The Hall–Kier alpha value is -0.580. The lowest BCUT2D eigenvalue weighted by molar-refractivity contribution is 0.106. The second kappa shape index (κ2) is 7.61. The zero-order valence-corrected chi connectivity index (χ0v) is 14.9. The molecule has 1 aliphatic rings. The van der Waals surface area contributed by atoms with E-state index in [0.29, 0.717) is 6.04 Å². The van der Waals surface area contributed by atoms with Crippen molar-refractivity contribution in [2.75, 3.05) is 11.9 Å². The van der Waals surface area contributed by atoms with Crippen LogP contribution in [0.25, 0.3) is 0 Å². The molecule has 2 N–H and O–H groups in total. The summed E-state index contributed by atoms with van der Waals surface area (Å²) >= 11 is 3.57. The lowest BCUT2D eigenvalue weighted by atomic mass is 9.91. The van der Waals surface area contributed by atoms with Gasteiger partial charge in [0.15, 0.2) is 0 Å². The predicted molar refractivity (Wildman–Crippen MR) is 92.8 cm³/mol. The molecular formula is C17H27BrN2O. The number of halogens is 1. The first-order valence-corrected chi connectivity index (χ1v) is 8.71. The first-order valence-electron chi connectivity index (χ1n) is 7.91. The summed E-state index contributed by atoms with van der Waals surface area (Å²) in [6.45, 7) is 5.17. The summed E-state index contributed by atoms with van der Waals surface area (Å²) < 4.78 is 1.09. The number of likely N-dealkylation sites (N-methyl/N-ethyl adjacent to an activating group) is 1. The molecule has 2 unspecified atom stereocenters. The van der Waals surface area contributed by atoms with Gasteiger partial charge >= 0.3 is 0 Å². The van der Waals surface area contributed by atoms with Crippen molar-refractivity contribution in [2.24, 2.45) is 0 Å². The fourth-order valence-corrected chi connectivity index (χ4v) is 3.40. The maximum absolute atomic E-state index is 10.3. The zero-order valence-electron chi connectivity index (χ0n) is 13.3. The Kier molecular flexibility index (Phi) is 6.08. The maximum Gasteiger partial charge on any atom is 0.0743 e. The van der Waals surface area contributed by atoms with E-state index in [-0.39, 0.29) is 12.1 Å². The monoisotopic (exact) mass is 354 g/mol. The number of hydrogen-bond donors (Lipinski definition) is 2. The van der Waals surface area contributed by atoms with Crippen LogP contribution in [-0.2, 0) is 6.54 Å². The van der Waals surface area contributed by atoms with Gasteiger partial charge in [-0.1, -0.05) is 48.7 Å². The highest BCUT2D eigenvalue weighted by atomic mass is 79.9. The van der Waals surface area contributed by atoms with Crippen LogP contribution in [0.2, 0.25) is 0 Å². The molecule has 2 rings (SSSR count). The molecule has 0 saturated heterocycles. The van der Waals surface area contributed by atoms with Crippen molar-refractivity contribution >= 4 is 21.6 Å². The standard InChI is InChI=1S/C17H27BrN2O/c1-12(2)19-11-13-8-9-14(18)10-16(13)20(3)15-6-4-5-7-17(15)21/h8-10,12,15,17,19,21H,4-7,11H2,1-3H3. The summed E-state index contributed by atoms with van der Waals surface area (Å²) in [4.78, 5) is 2.27. The molecule has 0 bridgehead atoms. The van der Waals surface area contributed by atoms with Crippen molar-refractivity contribution in [1.82, 2.24) is 5.32 Å². The predicted octanol–water partition coefficient (Wildman–Crippen LogP) is 3.69. The van der Waals surface area contributed by atoms with Crippen LogP contribution in [0.3, 0.4) is 0 Å². The van der Waals surface area contributed by atoms with Gasteiger partial charge in [-0.15, -0.1) is 0 Å². The summed E-state index contributed by atoms with van der Waals surface area (Å²) in [5.74, 6) is 0. The summed E-state index contributed by atoms with van der Waals surface area (Å²) in [5, 5.41) is 13.8. The highest BCUT2D eigenvalue weighted by Gasteiger charge is 2.27. The first-order chi connectivity index (χ1) is 9.99. The molecule has 118 valence electrons. The second-order valence-electron chi connectivity index (χ2n) is 6.34. The van der Waals surface area contributed by atoms with Gasteiger partial charge in [-0.25, -0.2) is 0 Å². The van der Waals surface area contributed by atoms with Crippen molar-refractivity contribution in [3.63, 3.8) is 0 Å². The van der Waals surface area contributed by atoms with E-state index < -0.39 is 0 Å². The van der Waals surface area contributed by atoms with Gasteiger partial charge in [0.25, 0.3) is 0 Å². The average molecular weight is 355 g/mol. The average Bonchev–Trinajstić information content (AvgIpc) is 2.45. The van der Waals surface area contributed by atoms with Crippen LogP contribution in [0.1, 0.15) is 45.1 Å². The van der Waals surface area contributed by atoms with Crippen molar-refractivity contribution in [2.45, 2.75) is 64.3 Å². The highest BCUT2D eigenvalue weighted by molar-refractivity contribution is 9.10. The summed E-state index contributed by atoms with van der Waals surface area (Å²) in [5.41, 5.74) is 2.50. The van der Waals surface area contributed by atoms with Gasteiger partial charge in [0.2, 0.25) is 0 Å². The van der Waals surface area contributed by atoms with Crippen molar-refractivity contribution < 1.29 is 5.11 Å². The maximum atomic E-state index is 10.3. The SMILES string of the molecule is CC(C)NCc1ccc(Br)cc1N(C)C1CCCCC1O. The minimum absolute atomic E-state index is 0.214. The van der Waals surface area contributed by atoms with Crippen LogP contribution in [-0.4, -0.2) is 30.3 Å². The number of hydrogen-bond acceptors (Lipinski definition) is 3. The van der Waals surface area contributed by atoms with Crippen LogP contribution < -0.4 is 10.2 Å². The van der Waals surface area contributed by atoms with Crippen LogP contribution in [0.5, 0.6) is 0 Å². The molecule has 1 fully saturated rings. The third-order valence-electron chi connectivity index (χ3n) is 4.32. The van der Waals surface area contributed by atoms with Gasteiger partial charge in [-0.3, -0.25) is 0 Å². The minimum Gasteiger partial charge on any atom is -0.391 e. The molecule has 4 heteroatoms. The molecule has 1 aromatic rings. The molecule has 0 radical (unpaired) electrons. The molecule has 0 aromatic heterocycles. The van der Waals surface area contributed by atoms with Crippen LogP contribution in [0.15, 0.2) is 22.7 Å². The number of aliphatic hydroxyl groups excluding tert-OH is 1. The van der Waals surface area contributed by atoms with E-state index in [1.54, 1.807) is 0 Å². The lowest BCUT2D eigenvalue weighted by Crippen LogP contribution is -2.44. The fraction of sp³-hybridized carbons (Fsp3) is 0.647. The number of nitrogens with zero attached hydrogens (tertiary/aromatic N) is 1. The smallest absolute Gasteiger partial charge is 0.0743 e. The lowest BCUT2D eigenvalue weighted by Gasteiger charge is -2.37. The Balaban J connectivity index is 2.21. The first kappa shape index (κ1) is 16.8. The van der Waals surface area contributed by atoms with Gasteiger partial charge in [-0.2, -0.15) is 0 Å². The number of aliphatic hydroxyl groups is 1. The molecule has 1 saturated carbocycles. The Morgan fingerprint density at radius 1 is 1.33 bits per heavy atom. The third-order valence-corrected chi connectivity index (χ3v) is 4.81. The zero-order chi connectivity index (χ0) is 15.4. The number of nitrogens with one attached hydrogen (secondary N) is 1. The number of rotatable bonds is 5. The normalized spacial score (nSPS) is 22.6. The molecule has 0 amide bonds. The molecule has 0 spiro atoms. The van der Waals surface area contributed by atoms with Gasteiger partial charge in [-0.05, 0) is 30.5 Å². The van der Waals surface area contributed by atoms with Gasteiger partial charge < -0.3 is 15.3 Å². The Labute approximate surface area is 136 Å². The summed E-state index contributed by atoms with van der Waals surface area (Å²) in [6.07, 6.45) is 4.13. The van der Waals surface area contributed by atoms with E-state index in [2.05, 4.69) is 65.2 Å². The Morgan fingerprint density at radius 2 is 2.05 bits per heavy atom. The van der Waals surface area contributed by atoms with Crippen molar-refractivity contribution in [1.29, 1.82) is 0 Å². The molecule has 0 aliphatic heterocycles. The van der Waals surface area contributed by atoms with E-state index >= 15 is 0 Å². The van der Waals surface area contributed by atoms with Crippen LogP contribution in [0.4, 0.5) is 5.69 Å². The second-order valence-corrected chi connectivity index (χ2v) is 7.25. The van der Waals surface area contributed by atoms with Gasteiger partial charge in [0.05, 0.1) is 12.1 Å². The third kappa shape index (κ3) is 4.44. The summed E-state index contributed by atoms with van der Waals surface area (Å²) in [6, 6.07) is 7.11. The molecule has 3 nitrogen and oxygen atoms in total. The molecule has 0 heterocycles. The van der Waals surface area contributed by atoms with E-state index in [1.165, 1.54) is 17.7 Å². The molecule has 1 aromatic carbocycles. The quantitative estimate of drug-likeness (QED) is 0.846. The van der Waals surface area contributed by atoms with Gasteiger partial charge in [0, 0.05) is 29.8 Å². The molecular weight excluding hydrogens is 328 g/mol. The fourth-order valence-electron chi connectivity index (χ4n) is 3.05. The van der Waals surface area contributed by atoms with E-state index in [4.69, 9.17) is 0 Å². The van der Waals surface area contributed by atoms with Crippen LogP contribution in [0, 0.1) is 0 Å². The summed E-state index contributed by atoms with van der Waals surface area (Å²) in [7, 11) is 2.11. The minimum atomic E-state index is -0.214. The van der Waals surface area contributed by atoms with Crippen LogP contribution >= 0.6 is 15.9 Å². The highest BCUT2D eigenvalue weighted by Crippen LogP contribution is 2.31. The molecule has 1 aliphatic carbocycles. The largest absolute Gasteiger partial charge is 0.391 e. The van der Waals surface area contributed by atoms with Gasteiger partial charge in [0.1, 0.15) is 0 Å². The van der Waals surface area contributed by atoms with Crippen molar-refractivity contribution in [3.8, 4) is 0 Å². The van der Waals surface area contributed by atoms with E-state index in [9.17, 15) is 5.11 Å². The Morgan fingerprint density at radius 3 is 2.71 bits per heavy atom. The topological polar surface area (TPSA) is 35.5 Å². The van der Waals surface area contributed by atoms with Crippen molar-refractivity contribution in [3.05, 3.63) is 28.2 Å². The molecule has 21 heavy (non-hydrogen) atoms. The van der Waals surface area contributed by atoms with E-state index in [1.807, 2.05) is 0 Å². The number of benzene rings is 1. The van der Waals surface area contributed by atoms with E-state index in [0.717, 1.165) is 30.3 Å².